The first-order valence-electron chi connectivity index (χ1n) is 6.08. The van der Waals surface area contributed by atoms with Gasteiger partial charge in [0.05, 0.1) is 5.69 Å². The van der Waals surface area contributed by atoms with E-state index in [-0.39, 0.29) is 0 Å². The maximum atomic E-state index is 4.77. The van der Waals surface area contributed by atoms with Crippen LogP contribution in [0.25, 0.3) is 11.3 Å². The molecule has 0 saturated carbocycles. The van der Waals surface area contributed by atoms with Crippen molar-refractivity contribution < 1.29 is 0 Å². The molecule has 0 amide bonds. The first-order chi connectivity index (χ1) is 8.25. The molecule has 1 atom stereocenters. The summed E-state index contributed by atoms with van der Waals surface area (Å²) in [5.74, 6) is 1.23. The number of rotatable bonds is 1. The van der Waals surface area contributed by atoms with E-state index in [0.717, 1.165) is 16.6 Å². The van der Waals surface area contributed by atoms with Crippen LogP contribution in [0.4, 0.5) is 0 Å². The van der Waals surface area contributed by atoms with Gasteiger partial charge in [-0.05, 0) is 25.8 Å². The Kier molecular flexibility index (Phi) is 2.79. The summed E-state index contributed by atoms with van der Waals surface area (Å²) in [7, 11) is 0. The first kappa shape index (κ1) is 11.0. The summed E-state index contributed by atoms with van der Waals surface area (Å²) in [6.07, 6.45) is 5.82. The molecule has 3 rings (SSSR count). The summed E-state index contributed by atoms with van der Waals surface area (Å²) in [6.45, 7) is 2.27. The summed E-state index contributed by atoms with van der Waals surface area (Å²) < 4.78 is 3.45. The van der Waals surface area contributed by atoms with Gasteiger partial charge in [-0.15, -0.1) is 0 Å². The molecular weight excluding hydrogens is 276 g/mol. The molecule has 0 aliphatic carbocycles. The van der Waals surface area contributed by atoms with E-state index in [0.29, 0.717) is 6.04 Å². The summed E-state index contributed by atoms with van der Waals surface area (Å²) in [4.78, 5) is 4.77. The highest BCUT2D eigenvalue weighted by Crippen LogP contribution is 2.31. The van der Waals surface area contributed by atoms with Gasteiger partial charge in [0.1, 0.15) is 5.82 Å². The van der Waals surface area contributed by atoms with Crippen molar-refractivity contribution in [1.29, 1.82) is 0 Å². The van der Waals surface area contributed by atoms with Crippen LogP contribution in [-0.4, -0.2) is 9.55 Å². The normalized spacial score (nSPS) is 19.1. The second-order valence-corrected chi connectivity index (χ2v) is 5.53. The number of halogens is 1. The van der Waals surface area contributed by atoms with Crippen molar-refractivity contribution in [2.24, 2.45) is 0 Å². The quantitative estimate of drug-likeness (QED) is 0.769. The van der Waals surface area contributed by atoms with Crippen molar-refractivity contribution in [1.82, 2.24) is 9.55 Å². The molecule has 0 saturated heterocycles. The summed E-state index contributed by atoms with van der Waals surface area (Å²) >= 11 is 3.59. The monoisotopic (exact) mass is 290 g/mol. The van der Waals surface area contributed by atoms with E-state index in [2.05, 4.69) is 51.8 Å². The molecule has 3 heteroatoms. The number of hydrogen-bond acceptors (Lipinski definition) is 1. The largest absolute Gasteiger partial charge is 0.331 e. The van der Waals surface area contributed by atoms with Gasteiger partial charge in [-0.3, -0.25) is 0 Å². The molecule has 0 radical (unpaired) electrons. The fourth-order valence-corrected chi connectivity index (χ4v) is 2.98. The second-order valence-electron chi connectivity index (χ2n) is 4.67. The summed E-state index contributed by atoms with van der Waals surface area (Å²) in [5.41, 5.74) is 2.27. The van der Waals surface area contributed by atoms with Gasteiger partial charge in [-0.2, -0.15) is 0 Å². The zero-order chi connectivity index (χ0) is 11.8. The van der Waals surface area contributed by atoms with Crippen LogP contribution < -0.4 is 0 Å². The molecule has 0 spiro atoms. The smallest absolute Gasteiger partial charge is 0.109 e. The zero-order valence-electron chi connectivity index (χ0n) is 9.86. The van der Waals surface area contributed by atoms with Crippen LogP contribution in [0.3, 0.4) is 0 Å². The lowest BCUT2D eigenvalue weighted by atomic mass is 10.1. The average molecular weight is 291 g/mol. The molecule has 88 valence electrons. The molecule has 17 heavy (non-hydrogen) atoms. The number of aryl methyl sites for hydroxylation is 1. The Morgan fingerprint density at radius 1 is 1.35 bits per heavy atom. The van der Waals surface area contributed by atoms with E-state index in [1.807, 2.05) is 6.07 Å². The predicted molar refractivity (Wildman–Crippen MR) is 73.0 cm³/mol. The molecule has 2 heterocycles. The van der Waals surface area contributed by atoms with Crippen molar-refractivity contribution in [2.75, 3.05) is 0 Å². The fraction of sp³-hybridized carbons (Fsp3) is 0.357. The van der Waals surface area contributed by atoms with Gasteiger partial charge in [-0.1, -0.05) is 34.1 Å². The molecular formula is C14H15BrN2. The van der Waals surface area contributed by atoms with Crippen molar-refractivity contribution in [3.8, 4) is 11.3 Å². The highest BCUT2D eigenvalue weighted by atomic mass is 79.9. The van der Waals surface area contributed by atoms with E-state index in [1.165, 1.54) is 24.2 Å². The molecule has 2 nitrogen and oxygen atoms in total. The van der Waals surface area contributed by atoms with Crippen LogP contribution >= 0.6 is 15.9 Å². The Balaban J connectivity index is 2.08. The van der Waals surface area contributed by atoms with Gasteiger partial charge < -0.3 is 4.57 Å². The topological polar surface area (TPSA) is 17.8 Å². The Bertz CT molecular complexity index is 545. The number of hydrogen-bond donors (Lipinski definition) is 0. The molecule has 1 aliphatic heterocycles. The molecule has 2 aromatic rings. The molecule has 1 aliphatic rings. The molecule has 0 unspecified atom stereocenters. The number of imidazole rings is 1. The maximum Gasteiger partial charge on any atom is 0.109 e. The lowest BCUT2D eigenvalue weighted by molar-refractivity contribution is 0.426. The van der Waals surface area contributed by atoms with E-state index in [9.17, 15) is 0 Å². The van der Waals surface area contributed by atoms with Crippen molar-refractivity contribution >= 4 is 15.9 Å². The fourth-order valence-electron chi connectivity index (χ4n) is 2.49. The highest BCUT2D eigenvalue weighted by molar-refractivity contribution is 9.10. The molecule has 0 fully saturated rings. The van der Waals surface area contributed by atoms with Gasteiger partial charge >= 0.3 is 0 Å². The molecule has 0 N–H and O–H groups in total. The van der Waals surface area contributed by atoms with Crippen LogP contribution in [-0.2, 0) is 6.42 Å². The van der Waals surface area contributed by atoms with Crippen molar-refractivity contribution in [2.45, 2.75) is 32.2 Å². The second kappa shape index (κ2) is 4.30. The zero-order valence-corrected chi connectivity index (χ0v) is 11.4. The predicted octanol–water partition coefficient (Wildman–Crippen LogP) is 4.21. The van der Waals surface area contributed by atoms with E-state index in [4.69, 9.17) is 4.98 Å². The Morgan fingerprint density at radius 3 is 2.94 bits per heavy atom. The van der Waals surface area contributed by atoms with Gasteiger partial charge in [0.15, 0.2) is 0 Å². The lowest BCUT2D eigenvalue weighted by Crippen LogP contribution is -2.14. The minimum absolute atomic E-state index is 0.586. The minimum atomic E-state index is 0.586. The van der Waals surface area contributed by atoms with Gasteiger partial charge in [-0.25, -0.2) is 4.98 Å². The Morgan fingerprint density at radius 2 is 2.18 bits per heavy atom. The number of aromatic nitrogens is 2. The van der Waals surface area contributed by atoms with Crippen LogP contribution in [0.15, 0.2) is 34.9 Å². The Labute approximate surface area is 110 Å². The SMILES string of the molecule is C[C@H]1CCCc2nc(-c3ccccc3Br)cn21. The van der Waals surface area contributed by atoms with E-state index < -0.39 is 0 Å². The number of fused-ring (bicyclic) bond motifs is 1. The first-order valence-corrected chi connectivity index (χ1v) is 6.87. The third kappa shape index (κ3) is 1.93. The van der Waals surface area contributed by atoms with Gasteiger partial charge in [0, 0.05) is 28.7 Å². The molecule has 1 aromatic heterocycles. The average Bonchev–Trinajstić information content (AvgIpc) is 2.75. The van der Waals surface area contributed by atoms with Crippen molar-refractivity contribution in [3.05, 3.63) is 40.8 Å². The van der Waals surface area contributed by atoms with Gasteiger partial charge in [0.2, 0.25) is 0 Å². The van der Waals surface area contributed by atoms with Crippen LogP contribution in [0.5, 0.6) is 0 Å². The summed E-state index contributed by atoms with van der Waals surface area (Å²) in [6, 6.07) is 8.86. The van der Waals surface area contributed by atoms with Crippen LogP contribution in [0, 0.1) is 0 Å². The van der Waals surface area contributed by atoms with Crippen LogP contribution in [0.1, 0.15) is 31.6 Å². The van der Waals surface area contributed by atoms with Gasteiger partial charge in [0.25, 0.3) is 0 Å². The standard InChI is InChI=1S/C14H15BrN2/c1-10-5-4-8-14-16-13(9-17(10)14)11-6-2-3-7-12(11)15/h2-3,6-7,9-10H,4-5,8H2,1H3/t10-/m0/s1. The summed E-state index contributed by atoms with van der Waals surface area (Å²) in [5, 5.41) is 0. The number of benzene rings is 1. The molecule has 0 bridgehead atoms. The molecule has 1 aromatic carbocycles. The third-order valence-corrected chi connectivity index (χ3v) is 4.15. The lowest BCUT2D eigenvalue weighted by Gasteiger charge is -2.20. The minimum Gasteiger partial charge on any atom is -0.331 e. The van der Waals surface area contributed by atoms with Crippen molar-refractivity contribution in [3.63, 3.8) is 0 Å². The highest BCUT2D eigenvalue weighted by Gasteiger charge is 2.19. The Hall–Kier alpha value is -1.09. The van der Waals surface area contributed by atoms with E-state index >= 15 is 0 Å². The van der Waals surface area contributed by atoms with Crippen LogP contribution in [0.2, 0.25) is 0 Å². The number of nitrogens with zero attached hydrogens (tertiary/aromatic N) is 2. The van der Waals surface area contributed by atoms with E-state index in [1.54, 1.807) is 0 Å². The maximum absolute atomic E-state index is 4.77. The third-order valence-electron chi connectivity index (χ3n) is 3.46.